The third kappa shape index (κ3) is 4.73. The summed E-state index contributed by atoms with van der Waals surface area (Å²) in [4.78, 5) is 10.3. The molecular formula is C9H15NO2. The van der Waals surface area contributed by atoms with Gasteiger partial charge in [-0.1, -0.05) is 20.3 Å². The number of carboxylic acids is 1. The Kier molecular flexibility index (Phi) is 5.11. The molecule has 0 bridgehead atoms. The molecule has 0 spiro atoms. The number of rotatable bonds is 5. The Bertz CT molecular complexity index is 183. The van der Waals surface area contributed by atoms with Crippen LogP contribution >= 0.6 is 0 Å². The van der Waals surface area contributed by atoms with Crippen molar-refractivity contribution in [1.29, 1.82) is 5.26 Å². The van der Waals surface area contributed by atoms with Crippen molar-refractivity contribution in [2.75, 3.05) is 0 Å². The van der Waals surface area contributed by atoms with E-state index in [-0.39, 0.29) is 12.3 Å². The van der Waals surface area contributed by atoms with Gasteiger partial charge in [0.15, 0.2) is 0 Å². The molecule has 0 aliphatic carbocycles. The summed E-state index contributed by atoms with van der Waals surface area (Å²) >= 11 is 0. The van der Waals surface area contributed by atoms with Gasteiger partial charge in [0.25, 0.3) is 0 Å². The van der Waals surface area contributed by atoms with Gasteiger partial charge in [-0.2, -0.15) is 5.26 Å². The summed E-state index contributed by atoms with van der Waals surface area (Å²) in [7, 11) is 0. The molecular weight excluding hydrogens is 154 g/mol. The Balaban J connectivity index is 3.85. The van der Waals surface area contributed by atoms with Crippen LogP contribution in [0, 0.1) is 23.2 Å². The summed E-state index contributed by atoms with van der Waals surface area (Å²) in [5, 5.41) is 17.1. The van der Waals surface area contributed by atoms with Crippen molar-refractivity contribution >= 4 is 5.97 Å². The molecule has 1 unspecified atom stereocenters. The predicted molar refractivity (Wildman–Crippen MR) is 45.4 cm³/mol. The lowest BCUT2D eigenvalue weighted by Gasteiger charge is -2.10. The molecule has 0 amide bonds. The minimum atomic E-state index is -0.884. The van der Waals surface area contributed by atoms with Crippen LogP contribution in [0.25, 0.3) is 0 Å². The normalized spacial score (nSPS) is 14.8. The number of nitrogens with zero attached hydrogens (tertiary/aromatic N) is 1. The lowest BCUT2D eigenvalue weighted by atomic mass is 9.93. The zero-order chi connectivity index (χ0) is 9.56. The molecule has 3 heteroatoms. The van der Waals surface area contributed by atoms with Crippen LogP contribution in [0.5, 0.6) is 0 Å². The van der Waals surface area contributed by atoms with E-state index in [9.17, 15) is 4.79 Å². The van der Waals surface area contributed by atoms with E-state index in [2.05, 4.69) is 0 Å². The Hall–Kier alpha value is -1.04. The van der Waals surface area contributed by atoms with Gasteiger partial charge in [-0.3, -0.25) is 4.79 Å². The van der Waals surface area contributed by atoms with Gasteiger partial charge < -0.3 is 5.11 Å². The van der Waals surface area contributed by atoms with Crippen molar-refractivity contribution in [2.24, 2.45) is 11.8 Å². The third-order valence-electron chi connectivity index (χ3n) is 1.99. The molecule has 0 aromatic rings. The lowest BCUT2D eigenvalue weighted by molar-refractivity contribution is -0.137. The van der Waals surface area contributed by atoms with E-state index in [0.717, 1.165) is 6.42 Å². The van der Waals surface area contributed by atoms with Crippen LogP contribution < -0.4 is 0 Å². The van der Waals surface area contributed by atoms with Crippen molar-refractivity contribution in [1.82, 2.24) is 0 Å². The van der Waals surface area contributed by atoms with Gasteiger partial charge in [-0.15, -0.1) is 0 Å². The molecule has 2 atom stereocenters. The maximum Gasteiger partial charge on any atom is 0.304 e. The van der Waals surface area contributed by atoms with E-state index < -0.39 is 5.97 Å². The molecule has 68 valence electrons. The number of hydrogen-bond acceptors (Lipinski definition) is 2. The third-order valence-corrected chi connectivity index (χ3v) is 1.99. The summed E-state index contributed by atoms with van der Waals surface area (Å²) in [6.07, 6.45) is 1.66. The van der Waals surface area contributed by atoms with Crippen LogP contribution in [-0.2, 0) is 4.79 Å². The average molecular weight is 169 g/mol. The average Bonchev–Trinajstić information content (AvgIpc) is 2.02. The van der Waals surface area contributed by atoms with Crippen LogP contribution in [0.3, 0.4) is 0 Å². The monoisotopic (exact) mass is 169 g/mol. The fourth-order valence-corrected chi connectivity index (χ4v) is 1.04. The largest absolute Gasteiger partial charge is 0.481 e. The van der Waals surface area contributed by atoms with Crippen LogP contribution in [-0.4, -0.2) is 11.1 Å². The molecule has 0 rings (SSSR count). The fourth-order valence-electron chi connectivity index (χ4n) is 1.04. The quantitative estimate of drug-likeness (QED) is 0.685. The Morgan fingerprint density at radius 1 is 1.67 bits per heavy atom. The van der Waals surface area contributed by atoms with E-state index in [1.54, 1.807) is 0 Å². The maximum absolute atomic E-state index is 10.3. The van der Waals surface area contributed by atoms with Gasteiger partial charge in [0, 0.05) is 0 Å². The van der Waals surface area contributed by atoms with Gasteiger partial charge in [-0.05, 0) is 12.3 Å². The first-order valence-electron chi connectivity index (χ1n) is 4.21. The zero-order valence-electron chi connectivity index (χ0n) is 7.58. The van der Waals surface area contributed by atoms with Gasteiger partial charge in [-0.25, -0.2) is 0 Å². The molecule has 0 aliphatic heterocycles. The standard InChI is InChI=1S/C9H15NO2/c1-3-7(2)4-8(6-10)5-9(11)12/h7-8H,3-5H2,1-2H3,(H,11,12)/t7-,8?/m1/s1. The van der Waals surface area contributed by atoms with Crippen molar-refractivity contribution in [3.05, 3.63) is 0 Å². The fraction of sp³-hybridized carbons (Fsp3) is 0.778. The molecule has 0 saturated heterocycles. The molecule has 12 heavy (non-hydrogen) atoms. The second-order valence-electron chi connectivity index (χ2n) is 3.17. The van der Waals surface area contributed by atoms with Crippen molar-refractivity contribution < 1.29 is 9.90 Å². The molecule has 0 aromatic heterocycles. The van der Waals surface area contributed by atoms with Gasteiger partial charge >= 0.3 is 5.97 Å². The van der Waals surface area contributed by atoms with E-state index in [0.29, 0.717) is 12.3 Å². The first-order chi connectivity index (χ1) is 5.60. The second-order valence-corrected chi connectivity index (χ2v) is 3.17. The molecule has 3 nitrogen and oxygen atoms in total. The molecule has 0 aromatic carbocycles. The summed E-state index contributed by atoms with van der Waals surface area (Å²) in [6, 6.07) is 2.02. The minimum Gasteiger partial charge on any atom is -0.481 e. The molecule has 0 fully saturated rings. The number of carboxylic acid groups (broad SMARTS) is 1. The summed E-state index contributed by atoms with van der Waals surface area (Å²) in [5.74, 6) is -0.767. The Morgan fingerprint density at radius 2 is 2.25 bits per heavy atom. The van der Waals surface area contributed by atoms with Crippen molar-refractivity contribution in [3.8, 4) is 6.07 Å². The van der Waals surface area contributed by atoms with E-state index in [1.807, 2.05) is 19.9 Å². The highest BCUT2D eigenvalue weighted by Crippen LogP contribution is 2.17. The number of hydrogen-bond donors (Lipinski definition) is 1. The SMILES string of the molecule is CC[C@@H](C)CC(C#N)CC(=O)O. The van der Waals surface area contributed by atoms with Crippen molar-refractivity contribution in [2.45, 2.75) is 33.1 Å². The molecule has 0 radical (unpaired) electrons. The second kappa shape index (κ2) is 5.59. The topological polar surface area (TPSA) is 61.1 Å². The summed E-state index contributed by atoms with van der Waals surface area (Å²) in [5.41, 5.74) is 0. The van der Waals surface area contributed by atoms with Crippen molar-refractivity contribution in [3.63, 3.8) is 0 Å². The van der Waals surface area contributed by atoms with Gasteiger partial charge in [0.2, 0.25) is 0 Å². The number of nitriles is 1. The van der Waals surface area contributed by atoms with Crippen LogP contribution in [0.15, 0.2) is 0 Å². The zero-order valence-corrected chi connectivity index (χ0v) is 7.58. The van der Waals surface area contributed by atoms with Crippen LogP contribution in [0.4, 0.5) is 0 Å². The van der Waals surface area contributed by atoms with Crippen LogP contribution in [0.1, 0.15) is 33.1 Å². The highest BCUT2D eigenvalue weighted by atomic mass is 16.4. The molecule has 0 heterocycles. The predicted octanol–water partition coefficient (Wildman–Crippen LogP) is 2.04. The maximum atomic E-state index is 10.3. The minimum absolute atomic E-state index is 0.0269. The Morgan fingerprint density at radius 3 is 2.58 bits per heavy atom. The van der Waals surface area contributed by atoms with Gasteiger partial charge in [0.05, 0.1) is 18.4 Å². The first-order valence-corrected chi connectivity index (χ1v) is 4.21. The lowest BCUT2D eigenvalue weighted by Crippen LogP contribution is -2.09. The van der Waals surface area contributed by atoms with E-state index in [1.165, 1.54) is 0 Å². The number of carbonyl (C=O) groups is 1. The first kappa shape index (κ1) is 11.0. The highest BCUT2D eigenvalue weighted by Gasteiger charge is 2.14. The highest BCUT2D eigenvalue weighted by molar-refractivity contribution is 5.67. The van der Waals surface area contributed by atoms with E-state index >= 15 is 0 Å². The summed E-state index contributed by atoms with van der Waals surface area (Å²) in [6.45, 7) is 4.08. The number of aliphatic carboxylic acids is 1. The Labute approximate surface area is 73.0 Å². The van der Waals surface area contributed by atoms with E-state index in [4.69, 9.17) is 10.4 Å². The molecule has 0 aliphatic rings. The molecule has 1 N–H and O–H groups in total. The smallest absolute Gasteiger partial charge is 0.304 e. The molecule has 0 saturated carbocycles. The van der Waals surface area contributed by atoms with Gasteiger partial charge in [0.1, 0.15) is 0 Å². The van der Waals surface area contributed by atoms with Crippen LogP contribution in [0.2, 0.25) is 0 Å². The summed E-state index contributed by atoms with van der Waals surface area (Å²) < 4.78 is 0.